The van der Waals surface area contributed by atoms with Crippen molar-refractivity contribution in [3.05, 3.63) is 78.1 Å². The van der Waals surface area contributed by atoms with Crippen LogP contribution in [0.25, 0.3) is 0 Å². The third-order valence-electron chi connectivity index (χ3n) is 3.70. The monoisotopic (exact) mass is 358 g/mol. The van der Waals surface area contributed by atoms with Gasteiger partial charge in [0.25, 0.3) is 5.91 Å². The van der Waals surface area contributed by atoms with Crippen LogP contribution in [0, 0.1) is 11.3 Å². The minimum absolute atomic E-state index is 0.272. The van der Waals surface area contributed by atoms with Gasteiger partial charge < -0.3 is 15.4 Å². The summed E-state index contributed by atoms with van der Waals surface area (Å²) in [6.45, 7) is 2.55. The summed E-state index contributed by atoms with van der Waals surface area (Å²) in [7, 11) is 0. The van der Waals surface area contributed by atoms with Gasteiger partial charge in [-0.05, 0) is 61.5 Å². The molecule has 0 aliphatic carbocycles. The topological polar surface area (TPSA) is 87.0 Å². The summed E-state index contributed by atoms with van der Waals surface area (Å²) in [6, 6.07) is 19.8. The highest BCUT2D eigenvalue weighted by Crippen LogP contribution is 2.20. The molecule has 27 heavy (non-hydrogen) atoms. The molecule has 0 aliphatic heterocycles. The first kappa shape index (κ1) is 18.0. The van der Waals surface area contributed by atoms with Gasteiger partial charge in [-0.1, -0.05) is 6.07 Å². The van der Waals surface area contributed by atoms with E-state index in [1.165, 1.54) is 0 Å². The van der Waals surface area contributed by atoms with Gasteiger partial charge in [-0.25, -0.2) is 0 Å². The number of benzene rings is 2. The van der Waals surface area contributed by atoms with Gasteiger partial charge in [0, 0.05) is 23.3 Å². The van der Waals surface area contributed by atoms with E-state index in [0.717, 1.165) is 17.1 Å². The average Bonchev–Trinajstić information content (AvgIpc) is 2.70. The number of carbonyl (C=O) groups excluding carboxylic acids is 1. The minimum Gasteiger partial charge on any atom is -0.494 e. The predicted octanol–water partition coefficient (Wildman–Crippen LogP) is 4.35. The maximum Gasteiger partial charge on any atom is 0.274 e. The second-order valence-corrected chi connectivity index (χ2v) is 5.66. The lowest BCUT2D eigenvalue weighted by Gasteiger charge is -2.10. The highest BCUT2D eigenvalue weighted by atomic mass is 16.5. The molecule has 3 rings (SSSR count). The molecule has 0 atom stereocenters. The van der Waals surface area contributed by atoms with Crippen LogP contribution >= 0.6 is 0 Å². The third-order valence-corrected chi connectivity index (χ3v) is 3.70. The molecule has 0 unspecified atom stereocenters. The average molecular weight is 358 g/mol. The summed E-state index contributed by atoms with van der Waals surface area (Å²) in [4.78, 5) is 16.6. The van der Waals surface area contributed by atoms with Crippen molar-refractivity contribution in [1.29, 1.82) is 5.26 Å². The Morgan fingerprint density at radius 1 is 1.07 bits per heavy atom. The van der Waals surface area contributed by atoms with Crippen LogP contribution in [0.5, 0.6) is 5.75 Å². The van der Waals surface area contributed by atoms with Crippen molar-refractivity contribution in [1.82, 2.24) is 4.98 Å². The summed E-state index contributed by atoms with van der Waals surface area (Å²) in [5.41, 5.74) is 2.91. The molecule has 0 saturated carbocycles. The smallest absolute Gasteiger partial charge is 0.274 e. The van der Waals surface area contributed by atoms with Crippen LogP contribution in [-0.2, 0) is 0 Å². The molecule has 2 aromatic carbocycles. The van der Waals surface area contributed by atoms with E-state index in [9.17, 15) is 4.79 Å². The predicted molar refractivity (Wildman–Crippen MR) is 104 cm³/mol. The number of aromatic nitrogens is 1. The fourth-order valence-corrected chi connectivity index (χ4v) is 2.46. The Labute approximate surface area is 157 Å². The maximum atomic E-state index is 12.4. The molecule has 0 bridgehead atoms. The van der Waals surface area contributed by atoms with Gasteiger partial charge in [0.1, 0.15) is 11.4 Å². The van der Waals surface area contributed by atoms with Crippen LogP contribution in [0.15, 0.2) is 66.9 Å². The molecule has 1 amide bonds. The standard InChI is InChI=1S/C21H18N4O2/c1-2-27-19-8-6-16(7-9-19)24-18-10-11-23-20(13-18)21(26)25-17-5-3-4-15(12-17)14-22/h3-13H,2H2,1H3,(H,23,24)(H,25,26). The highest BCUT2D eigenvalue weighted by Gasteiger charge is 2.09. The number of anilines is 3. The van der Waals surface area contributed by atoms with Crippen molar-refractivity contribution in [3.8, 4) is 11.8 Å². The van der Waals surface area contributed by atoms with Crippen LogP contribution in [0.4, 0.5) is 17.1 Å². The zero-order valence-electron chi connectivity index (χ0n) is 14.8. The molecule has 134 valence electrons. The summed E-state index contributed by atoms with van der Waals surface area (Å²) in [5.74, 6) is 0.456. The van der Waals surface area contributed by atoms with Crippen LogP contribution in [0.2, 0.25) is 0 Å². The van der Waals surface area contributed by atoms with E-state index in [0.29, 0.717) is 17.9 Å². The number of pyridine rings is 1. The first-order chi connectivity index (χ1) is 13.2. The lowest BCUT2D eigenvalue weighted by atomic mass is 10.2. The van der Waals surface area contributed by atoms with Crippen LogP contribution in [0.3, 0.4) is 0 Å². The zero-order valence-corrected chi connectivity index (χ0v) is 14.8. The van der Waals surface area contributed by atoms with Crippen LogP contribution in [-0.4, -0.2) is 17.5 Å². The number of rotatable bonds is 6. The first-order valence-electron chi connectivity index (χ1n) is 8.45. The van der Waals surface area contributed by atoms with Gasteiger partial charge in [-0.2, -0.15) is 5.26 Å². The summed E-state index contributed by atoms with van der Waals surface area (Å²) >= 11 is 0. The normalized spacial score (nSPS) is 9.93. The maximum absolute atomic E-state index is 12.4. The summed E-state index contributed by atoms with van der Waals surface area (Å²) in [6.07, 6.45) is 1.57. The lowest BCUT2D eigenvalue weighted by Crippen LogP contribution is -2.13. The molecular formula is C21H18N4O2. The highest BCUT2D eigenvalue weighted by molar-refractivity contribution is 6.03. The van der Waals surface area contributed by atoms with E-state index in [2.05, 4.69) is 15.6 Å². The van der Waals surface area contributed by atoms with Crippen molar-refractivity contribution in [2.45, 2.75) is 6.92 Å². The molecule has 6 nitrogen and oxygen atoms in total. The van der Waals surface area contributed by atoms with Crippen molar-refractivity contribution in [3.63, 3.8) is 0 Å². The molecule has 6 heteroatoms. The molecule has 0 saturated heterocycles. The number of amides is 1. The van der Waals surface area contributed by atoms with Gasteiger partial charge in [0.15, 0.2) is 0 Å². The minimum atomic E-state index is -0.347. The number of nitriles is 1. The number of nitrogens with zero attached hydrogens (tertiary/aromatic N) is 2. The molecule has 0 aliphatic rings. The van der Waals surface area contributed by atoms with Gasteiger partial charge in [0.2, 0.25) is 0 Å². The second kappa shape index (κ2) is 8.50. The number of carbonyl (C=O) groups is 1. The quantitative estimate of drug-likeness (QED) is 0.684. The Hall–Kier alpha value is -3.85. The number of hydrogen-bond acceptors (Lipinski definition) is 5. The molecule has 0 fully saturated rings. The van der Waals surface area contributed by atoms with E-state index in [1.807, 2.05) is 37.3 Å². The second-order valence-electron chi connectivity index (χ2n) is 5.66. The molecule has 2 N–H and O–H groups in total. The van der Waals surface area contributed by atoms with E-state index >= 15 is 0 Å². The van der Waals surface area contributed by atoms with Gasteiger partial charge in [0.05, 0.1) is 18.2 Å². The molecule has 0 spiro atoms. The zero-order chi connectivity index (χ0) is 19.1. The molecular weight excluding hydrogens is 340 g/mol. The Bertz CT molecular complexity index is 978. The number of hydrogen-bond donors (Lipinski definition) is 2. The molecule has 0 radical (unpaired) electrons. The van der Waals surface area contributed by atoms with Crippen molar-refractivity contribution < 1.29 is 9.53 Å². The lowest BCUT2D eigenvalue weighted by molar-refractivity contribution is 0.102. The Morgan fingerprint density at radius 3 is 2.63 bits per heavy atom. The Kier molecular flexibility index (Phi) is 5.65. The first-order valence-corrected chi connectivity index (χ1v) is 8.45. The number of ether oxygens (including phenoxy) is 1. The Balaban J connectivity index is 1.70. The SMILES string of the molecule is CCOc1ccc(Nc2ccnc(C(=O)Nc3cccc(C#N)c3)c2)cc1. The van der Waals surface area contributed by atoms with E-state index < -0.39 is 0 Å². The molecule has 1 heterocycles. The largest absolute Gasteiger partial charge is 0.494 e. The van der Waals surface area contributed by atoms with Gasteiger partial charge in [-0.15, -0.1) is 0 Å². The molecule has 1 aromatic heterocycles. The number of nitrogens with one attached hydrogen (secondary N) is 2. The third kappa shape index (κ3) is 4.83. The van der Waals surface area contributed by atoms with Crippen LogP contribution < -0.4 is 15.4 Å². The molecule has 3 aromatic rings. The van der Waals surface area contributed by atoms with E-state index in [-0.39, 0.29) is 11.6 Å². The van der Waals surface area contributed by atoms with Crippen LogP contribution in [0.1, 0.15) is 23.0 Å². The van der Waals surface area contributed by atoms with Crippen molar-refractivity contribution in [2.75, 3.05) is 17.2 Å². The van der Waals surface area contributed by atoms with E-state index in [1.54, 1.807) is 42.6 Å². The van der Waals surface area contributed by atoms with E-state index in [4.69, 9.17) is 10.00 Å². The van der Waals surface area contributed by atoms with Gasteiger partial charge >= 0.3 is 0 Å². The summed E-state index contributed by atoms with van der Waals surface area (Å²) in [5, 5.41) is 14.9. The fourth-order valence-electron chi connectivity index (χ4n) is 2.46. The fraction of sp³-hybridized carbons (Fsp3) is 0.0952. The van der Waals surface area contributed by atoms with Gasteiger partial charge in [-0.3, -0.25) is 9.78 Å². The van der Waals surface area contributed by atoms with Crippen molar-refractivity contribution >= 4 is 23.0 Å². The Morgan fingerprint density at radius 2 is 1.89 bits per heavy atom. The van der Waals surface area contributed by atoms with Crippen molar-refractivity contribution in [2.24, 2.45) is 0 Å². The summed E-state index contributed by atoms with van der Waals surface area (Å²) < 4.78 is 5.42.